The number of carbonyl (C=O) groups excluding carboxylic acids is 1. The van der Waals surface area contributed by atoms with E-state index in [1.165, 1.54) is 6.92 Å². The van der Waals surface area contributed by atoms with Crippen molar-refractivity contribution < 1.29 is 4.79 Å². The predicted molar refractivity (Wildman–Crippen MR) is 84.2 cm³/mol. The summed E-state index contributed by atoms with van der Waals surface area (Å²) in [5.74, 6) is -0.110. The third-order valence-corrected chi connectivity index (χ3v) is 3.23. The van der Waals surface area contributed by atoms with Crippen LogP contribution in [0, 0.1) is 11.3 Å². The van der Waals surface area contributed by atoms with E-state index < -0.39 is 0 Å². The summed E-state index contributed by atoms with van der Waals surface area (Å²) in [5, 5.41) is 15.4. The molecule has 0 saturated carbocycles. The Hall–Kier alpha value is -2.51. The summed E-state index contributed by atoms with van der Waals surface area (Å²) in [6, 6.07) is 14.8. The number of para-hydroxylation sites is 1. The molecule has 106 valence electrons. The van der Waals surface area contributed by atoms with Gasteiger partial charge in [-0.2, -0.15) is 5.26 Å². The zero-order valence-corrected chi connectivity index (χ0v) is 12.2. The number of hydrogen-bond donors (Lipinski definition) is 2. The number of carbonyl (C=O) groups is 1. The smallest absolute Gasteiger partial charge is 0.221 e. The van der Waals surface area contributed by atoms with Crippen LogP contribution in [0.1, 0.15) is 18.1 Å². The molecule has 2 N–H and O–H groups in total. The van der Waals surface area contributed by atoms with Gasteiger partial charge in [0.2, 0.25) is 5.91 Å². The van der Waals surface area contributed by atoms with Crippen molar-refractivity contribution in [1.29, 1.82) is 5.26 Å². The van der Waals surface area contributed by atoms with Gasteiger partial charge in [-0.15, -0.1) is 0 Å². The van der Waals surface area contributed by atoms with Gasteiger partial charge in [0.25, 0.3) is 0 Å². The molecule has 0 spiro atoms. The van der Waals surface area contributed by atoms with Gasteiger partial charge in [0, 0.05) is 24.8 Å². The van der Waals surface area contributed by atoms with Crippen LogP contribution in [0.3, 0.4) is 0 Å². The molecule has 0 unspecified atom stereocenters. The molecule has 0 atom stereocenters. The van der Waals surface area contributed by atoms with E-state index in [0.29, 0.717) is 17.1 Å². The Morgan fingerprint density at radius 2 is 2.05 bits per heavy atom. The third kappa shape index (κ3) is 3.98. The van der Waals surface area contributed by atoms with Gasteiger partial charge in [0.15, 0.2) is 0 Å². The monoisotopic (exact) mass is 299 g/mol. The Labute approximate surface area is 128 Å². The zero-order valence-electron chi connectivity index (χ0n) is 11.5. The van der Waals surface area contributed by atoms with E-state index in [2.05, 4.69) is 10.6 Å². The summed E-state index contributed by atoms with van der Waals surface area (Å²) in [6.07, 6.45) is 0. The lowest BCUT2D eigenvalue weighted by molar-refractivity contribution is -0.114. The van der Waals surface area contributed by atoms with Crippen LogP contribution >= 0.6 is 11.6 Å². The Balaban J connectivity index is 2.13. The van der Waals surface area contributed by atoms with E-state index in [9.17, 15) is 4.79 Å². The lowest BCUT2D eigenvalue weighted by Crippen LogP contribution is -2.10. The van der Waals surface area contributed by atoms with Crippen LogP contribution in [0.15, 0.2) is 42.5 Å². The molecule has 2 rings (SSSR count). The average Bonchev–Trinajstić information content (AvgIpc) is 2.47. The molecule has 0 bridgehead atoms. The number of nitrogens with zero attached hydrogens (tertiary/aromatic N) is 1. The third-order valence-electron chi connectivity index (χ3n) is 2.90. The van der Waals surface area contributed by atoms with E-state index in [-0.39, 0.29) is 5.91 Å². The maximum Gasteiger partial charge on any atom is 0.221 e. The number of rotatable bonds is 4. The highest BCUT2D eigenvalue weighted by atomic mass is 35.5. The molecule has 0 aromatic heterocycles. The normalized spacial score (nSPS) is 9.76. The number of halogens is 1. The molecule has 5 heteroatoms. The number of benzene rings is 2. The SMILES string of the molecule is CC(=O)Nc1ccccc1CNc1ccc(Cl)c(C#N)c1. The standard InChI is InChI=1S/C16H14ClN3O/c1-11(21)20-16-5-3-2-4-12(16)10-19-14-6-7-15(17)13(8-14)9-18/h2-8,19H,10H2,1H3,(H,20,21). The molecule has 0 heterocycles. The molecule has 0 saturated heterocycles. The van der Waals surface area contributed by atoms with Crippen LogP contribution in [0.5, 0.6) is 0 Å². The van der Waals surface area contributed by atoms with Gasteiger partial charge in [-0.1, -0.05) is 29.8 Å². The van der Waals surface area contributed by atoms with Gasteiger partial charge in [-0.3, -0.25) is 4.79 Å². The van der Waals surface area contributed by atoms with Crippen LogP contribution < -0.4 is 10.6 Å². The molecule has 0 fully saturated rings. The number of amides is 1. The second kappa shape index (κ2) is 6.78. The van der Waals surface area contributed by atoms with Crippen molar-refractivity contribution in [2.24, 2.45) is 0 Å². The van der Waals surface area contributed by atoms with Crippen LogP contribution in [-0.2, 0) is 11.3 Å². The van der Waals surface area contributed by atoms with E-state index in [4.69, 9.17) is 16.9 Å². The molecule has 21 heavy (non-hydrogen) atoms. The highest BCUT2D eigenvalue weighted by Gasteiger charge is 2.05. The lowest BCUT2D eigenvalue weighted by atomic mass is 10.1. The topological polar surface area (TPSA) is 64.9 Å². The molecule has 2 aromatic carbocycles. The van der Waals surface area contributed by atoms with E-state index in [1.54, 1.807) is 12.1 Å². The fourth-order valence-corrected chi connectivity index (χ4v) is 2.06. The van der Waals surface area contributed by atoms with Crippen molar-refractivity contribution in [2.45, 2.75) is 13.5 Å². The van der Waals surface area contributed by atoms with Gasteiger partial charge in [0.05, 0.1) is 10.6 Å². The first-order valence-corrected chi connectivity index (χ1v) is 6.77. The molecule has 0 aliphatic heterocycles. The Morgan fingerprint density at radius 3 is 2.76 bits per heavy atom. The Morgan fingerprint density at radius 1 is 1.29 bits per heavy atom. The van der Waals surface area contributed by atoms with Crippen LogP contribution in [0.2, 0.25) is 5.02 Å². The number of hydrogen-bond acceptors (Lipinski definition) is 3. The summed E-state index contributed by atoms with van der Waals surface area (Å²) in [5.41, 5.74) is 2.96. The summed E-state index contributed by atoms with van der Waals surface area (Å²) in [4.78, 5) is 11.2. The Kier molecular flexibility index (Phi) is 4.81. The van der Waals surface area contributed by atoms with Gasteiger partial charge < -0.3 is 10.6 Å². The molecule has 0 aliphatic carbocycles. The molecular weight excluding hydrogens is 286 g/mol. The first-order chi connectivity index (χ1) is 10.1. The Bertz CT molecular complexity index is 707. The summed E-state index contributed by atoms with van der Waals surface area (Å²) in [7, 11) is 0. The second-order valence-corrected chi connectivity index (χ2v) is 4.91. The highest BCUT2D eigenvalue weighted by Crippen LogP contribution is 2.21. The number of nitrogens with one attached hydrogen (secondary N) is 2. The molecular formula is C16H14ClN3O. The fraction of sp³-hybridized carbons (Fsp3) is 0.125. The molecule has 0 radical (unpaired) electrons. The maximum absolute atomic E-state index is 11.2. The maximum atomic E-state index is 11.2. The molecule has 1 amide bonds. The van der Waals surface area contributed by atoms with Crippen molar-refractivity contribution in [1.82, 2.24) is 0 Å². The van der Waals surface area contributed by atoms with Crippen molar-refractivity contribution in [3.8, 4) is 6.07 Å². The fourth-order valence-electron chi connectivity index (χ4n) is 1.90. The molecule has 0 aliphatic rings. The van der Waals surface area contributed by atoms with Gasteiger partial charge in [-0.25, -0.2) is 0 Å². The summed E-state index contributed by atoms with van der Waals surface area (Å²) in [6.45, 7) is 2.01. The minimum Gasteiger partial charge on any atom is -0.381 e. The van der Waals surface area contributed by atoms with Gasteiger partial charge >= 0.3 is 0 Å². The van der Waals surface area contributed by atoms with E-state index in [0.717, 1.165) is 16.9 Å². The predicted octanol–water partition coefficient (Wildman–Crippen LogP) is 3.78. The second-order valence-electron chi connectivity index (χ2n) is 4.50. The number of anilines is 2. The quantitative estimate of drug-likeness (QED) is 0.903. The van der Waals surface area contributed by atoms with Crippen LogP contribution in [0.25, 0.3) is 0 Å². The van der Waals surface area contributed by atoms with Crippen LogP contribution in [0.4, 0.5) is 11.4 Å². The van der Waals surface area contributed by atoms with Gasteiger partial charge in [0.1, 0.15) is 6.07 Å². The minimum atomic E-state index is -0.110. The highest BCUT2D eigenvalue weighted by molar-refractivity contribution is 6.31. The zero-order chi connectivity index (χ0) is 15.2. The minimum absolute atomic E-state index is 0.110. The largest absolute Gasteiger partial charge is 0.381 e. The van der Waals surface area contributed by atoms with Crippen LogP contribution in [-0.4, -0.2) is 5.91 Å². The van der Waals surface area contributed by atoms with E-state index >= 15 is 0 Å². The van der Waals surface area contributed by atoms with Crippen molar-refractivity contribution in [3.63, 3.8) is 0 Å². The summed E-state index contributed by atoms with van der Waals surface area (Å²) >= 11 is 5.90. The first kappa shape index (κ1) is 14.9. The van der Waals surface area contributed by atoms with E-state index in [1.807, 2.05) is 36.4 Å². The van der Waals surface area contributed by atoms with Gasteiger partial charge in [-0.05, 0) is 29.8 Å². The van der Waals surface area contributed by atoms with Crippen molar-refractivity contribution in [3.05, 3.63) is 58.6 Å². The summed E-state index contributed by atoms with van der Waals surface area (Å²) < 4.78 is 0. The molecule has 4 nitrogen and oxygen atoms in total. The lowest BCUT2D eigenvalue weighted by Gasteiger charge is -2.12. The number of nitriles is 1. The van der Waals surface area contributed by atoms with Crippen molar-refractivity contribution in [2.75, 3.05) is 10.6 Å². The van der Waals surface area contributed by atoms with Crippen molar-refractivity contribution >= 4 is 28.9 Å². The average molecular weight is 300 g/mol. The molecule has 2 aromatic rings. The first-order valence-electron chi connectivity index (χ1n) is 6.39.